The number of hydrogen-bond acceptors (Lipinski definition) is 3. The lowest BCUT2D eigenvalue weighted by Crippen LogP contribution is -2.38. The fourth-order valence-electron chi connectivity index (χ4n) is 1.54. The Balaban J connectivity index is 2.74. The summed E-state index contributed by atoms with van der Waals surface area (Å²) in [5.74, 6) is -1.51. The number of benzene rings is 1. The SMILES string of the molecule is COC(=O)NC(CC(=O)O)Cc1ccccc1F. The predicted molar refractivity (Wildman–Crippen MR) is 61.7 cm³/mol. The first-order valence-corrected chi connectivity index (χ1v) is 5.32. The zero-order valence-electron chi connectivity index (χ0n) is 9.85. The van der Waals surface area contributed by atoms with Gasteiger partial charge in [0, 0.05) is 6.04 Å². The number of halogens is 1. The highest BCUT2D eigenvalue weighted by Gasteiger charge is 2.18. The van der Waals surface area contributed by atoms with Gasteiger partial charge in [-0.2, -0.15) is 0 Å². The third-order valence-corrected chi connectivity index (χ3v) is 2.35. The molecule has 6 heteroatoms. The Hall–Kier alpha value is -2.11. The molecule has 0 bridgehead atoms. The van der Waals surface area contributed by atoms with E-state index in [-0.39, 0.29) is 12.8 Å². The van der Waals surface area contributed by atoms with E-state index in [2.05, 4.69) is 10.1 Å². The third-order valence-electron chi connectivity index (χ3n) is 2.35. The number of alkyl carbamates (subject to hydrolysis) is 1. The van der Waals surface area contributed by atoms with Crippen LogP contribution in [0.3, 0.4) is 0 Å². The van der Waals surface area contributed by atoms with Crippen LogP contribution >= 0.6 is 0 Å². The molecule has 0 aliphatic heterocycles. The van der Waals surface area contributed by atoms with Gasteiger partial charge in [-0.3, -0.25) is 4.79 Å². The van der Waals surface area contributed by atoms with Gasteiger partial charge in [-0.15, -0.1) is 0 Å². The van der Waals surface area contributed by atoms with E-state index < -0.39 is 23.9 Å². The number of carbonyl (C=O) groups is 2. The summed E-state index contributed by atoms with van der Waals surface area (Å²) < 4.78 is 17.8. The molecule has 0 spiro atoms. The molecule has 0 aromatic heterocycles. The van der Waals surface area contributed by atoms with Crippen molar-refractivity contribution in [2.24, 2.45) is 0 Å². The zero-order valence-corrected chi connectivity index (χ0v) is 9.85. The second-order valence-electron chi connectivity index (χ2n) is 3.73. The molecule has 0 saturated heterocycles. The summed E-state index contributed by atoms with van der Waals surface area (Å²) in [6.07, 6.45) is -0.949. The highest BCUT2D eigenvalue weighted by atomic mass is 19.1. The van der Waals surface area contributed by atoms with Gasteiger partial charge >= 0.3 is 12.1 Å². The normalized spacial score (nSPS) is 11.7. The van der Waals surface area contributed by atoms with Gasteiger partial charge in [0.25, 0.3) is 0 Å². The Morgan fingerprint density at radius 1 is 1.44 bits per heavy atom. The second kappa shape index (κ2) is 6.58. The highest BCUT2D eigenvalue weighted by molar-refractivity contribution is 5.71. The quantitative estimate of drug-likeness (QED) is 0.837. The maximum absolute atomic E-state index is 13.4. The van der Waals surface area contributed by atoms with E-state index in [0.717, 1.165) is 0 Å². The van der Waals surface area contributed by atoms with E-state index in [1.807, 2.05) is 0 Å². The van der Waals surface area contributed by atoms with E-state index in [4.69, 9.17) is 5.11 Å². The van der Waals surface area contributed by atoms with Gasteiger partial charge < -0.3 is 15.2 Å². The molecule has 1 amide bonds. The van der Waals surface area contributed by atoms with Crippen molar-refractivity contribution in [1.29, 1.82) is 0 Å². The lowest BCUT2D eigenvalue weighted by Gasteiger charge is -2.16. The number of nitrogens with one attached hydrogen (secondary N) is 1. The first-order chi connectivity index (χ1) is 8.52. The standard InChI is InChI=1S/C12H14FNO4/c1-18-12(17)14-9(7-11(15)16)6-8-4-2-3-5-10(8)13/h2-5,9H,6-7H2,1H3,(H,14,17)(H,15,16). The van der Waals surface area contributed by atoms with E-state index in [0.29, 0.717) is 5.56 Å². The number of hydrogen-bond donors (Lipinski definition) is 2. The van der Waals surface area contributed by atoms with Crippen LogP contribution in [0, 0.1) is 5.82 Å². The molecule has 0 aliphatic carbocycles. The fraction of sp³-hybridized carbons (Fsp3) is 0.333. The number of carboxylic acid groups (broad SMARTS) is 1. The molecule has 1 unspecified atom stereocenters. The Morgan fingerprint density at radius 2 is 2.11 bits per heavy atom. The minimum absolute atomic E-state index is 0.0913. The first-order valence-electron chi connectivity index (χ1n) is 5.32. The molecule has 2 N–H and O–H groups in total. The Labute approximate surface area is 104 Å². The van der Waals surface area contributed by atoms with E-state index in [9.17, 15) is 14.0 Å². The number of carbonyl (C=O) groups excluding carboxylic acids is 1. The number of aliphatic carboxylic acids is 1. The van der Waals surface area contributed by atoms with Crippen LogP contribution in [0.25, 0.3) is 0 Å². The minimum Gasteiger partial charge on any atom is -0.481 e. The monoisotopic (exact) mass is 255 g/mol. The van der Waals surface area contributed by atoms with Gasteiger partial charge in [-0.25, -0.2) is 9.18 Å². The summed E-state index contributed by atoms with van der Waals surface area (Å²) in [5, 5.41) is 11.1. The zero-order chi connectivity index (χ0) is 13.5. The summed E-state index contributed by atoms with van der Waals surface area (Å²) in [5.41, 5.74) is 0.347. The first kappa shape index (κ1) is 14.0. The van der Waals surface area contributed by atoms with E-state index in [1.54, 1.807) is 18.2 Å². The van der Waals surface area contributed by atoms with Crippen LogP contribution < -0.4 is 5.32 Å². The van der Waals surface area contributed by atoms with Gasteiger partial charge in [-0.05, 0) is 18.1 Å². The van der Waals surface area contributed by atoms with Crippen LogP contribution in [0.4, 0.5) is 9.18 Å². The topological polar surface area (TPSA) is 75.6 Å². The molecule has 1 aromatic carbocycles. The van der Waals surface area contributed by atoms with E-state index in [1.165, 1.54) is 13.2 Å². The van der Waals surface area contributed by atoms with Crippen molar-refractivity contribution in [1.82, 2.24) is 5.32 Å². The maximum atomic E-state index is 13.4. The molecule has 0 aliphatic rings. The van der Waals surface area contributed by atoms with Crippen molar-refractivity contribution < 1.29 is 23.8 Å². The molecule has 98 valence electrons. The summed E-state index contributed by atoms with van der Waals surface area (Å²) in [6, 6.07) is 5.30. The van der Waals surface area contributed by atoms with Crippen molar-refractivity contribution >= 4 is 12.1 Å². The number of carboxylic acids is 1. The van der Waals surface area contributed by atoms with Crippen LogP contribution in [0.5, 0.6) is 0 Å². The van der Waals surface area contributed by atoms with E-state index >= 15 is 0 Å². The van der Waals surface area contributed by atoms with Crippen LogP contribution in [-0.2, 0) is 16.0 Å². The fourth-order valence-corrected chi connectivity index (χ4v) is 1.54. The Bertz CT molecular complexity index is 436. The smallest absolute Gasteiger partial charge is 0.407 e. The van der Waals surface area contributed by atoms with Crippen LogP contribution in [-0.4, -0.2) is 30.3 Å². The summed E-state index contributed by atoms with van der Waals surface area (Å²) in [7, 11) is 1.18. The molecule has 18 heavy (non-hydrogen) atoms. The van der Waals surface area contributed by atoms with Gasteiger partial charge in [0.15, 0.2) is 0 Å². The molecule has 1 aromatic rings. The molecule has 5 nitrogen and oxygen atoms in total. The lowest BCUT2D eigenvalue weighted by atomic mass is 10.0. The number of methoxy groups -OCH3 is 1. The van der Waals surface area contributed by atoms with Gasteiger partial charge in [-0.1, -0.05) is 18.2 Å². The molecule has 0 saturated carbocycles. The Kier molecular flexibility index (Phi) is 5.10. The summed E-state index contributed by atoms with van der Waals surface area (Å²) in [6.45, 7) is 0. The molecular formula is C12H14FNO4. The van der Waals surface area contributed by atoms with Crippen molar-refractivity contribution in [2.75, 3.05) is 7.11 Å². The van der Waals surface area contributed by atoms with Gasteiger partial charge in [0.2, 0.25) is 0 Å². The number of amides is 1. The van der Waals surface area contributed by atoms with Crippen LogP contribution in [0.15, 0.2) is 24.3 Å². The maximum Gasteiger partial charge on any atom is 0.407 e. The highest BCUT2D eigenvalue weighted by Crippen LogP contribution is 2.11. The van der Waals surface area contributed by atoms with Crippen molar-refractivity contribution in [3.63, 3.8) is 0 Å². The average molecular weight is 255 g/mol. The van der Waals surface area contributed by atoms with Crippen molar-refractivity contribution in [3.8, 4) is 0 Å². The molecule has 0 heterocycles. The third kappa shape index (κ3) is 4.40. The molecule has 1 rings (SSSR count). The Morgan fingerprint density at radius 3 is 2.67 bits per heavy atom. The molecule has 1 atom stereocenters. The average Bonchev–Trinajstić information content (AvgIpc) is 2.31. The molecule has 0 fully saturated rings. The predicted octanol–water partition coefficient (Wildman–Crippen LogP) is 1.57. The number of rotatable bonds is 5. The number of ether oxygens (including phenoxy) is 1. The van der Waals surface area contributed by atoms with Crippen molar-refractivity contribution in [3.05, 3.63) is 35.6 Å². The molecule has 0 radical (unpaired) electrons. The molecular weight excluding hydrogens is 241 g/mol. The van der Waals surface area contributed by atoms with Crippen LogP contribution in [0.2, 0.25) is 0 Å². The largest absolute Gasteiger partial charge is 0.481 e. The van der Waals surface area contributed by atoms with Crippen molar-refractivity contribution in [2.45, 2.75) is 18.9 Å². The lowest BCUT2D eigenvalue weighted by molar-refractivity contribution is -0.137. The summed E-state index contributed by atoms with van der Waals surface area (Å²) in [4.78, 5) is 21.7. The minimum atomic E-state index is -1.08. The van der Waals surface area contributed by atoms with Crippen LogP contribution in [0.1, 0.15) is 12.0 Å². The van der Waals surface area contributed by atoms with Gasteiger partial charge in [0.05, 0.1) is 13.5 Å². The summed E-state index contributed by atoms with van der Waals surface area (Å²) >= 11 is 0. The van der Waals surface area contributed by atoms with Gasteiger partial charge in [0.1, 0.15) is 5.82 Å². The second-order valence-corrected chi connectivity index (χ2v) is 3.73.